The van der Waals surface area contributed by atoms with E-state index in [0.717, 1.165) is 32.1 Å². The first-order valence-electron chi connectivity index (χ1n) is 11.0. The van der Waals surface area contributed by atoms with Crippen molar-refractivity contribution in [1.29, 1.82) is 0 Å². The summed E-state index contributed by atoms with van der Waals surface area (Å²) in [5.74, 6) is 0.389. The van der Waals surface area contributed by atoms with Crippen molar-refractivity contribution in [2.24, 2.45) is 5.92 Å². The third-order valence-corrected chi connectivity index (χ3v) is 4.82. The number of allylic oxidation sites excluding steroid dienone is 8. The molecular weight excluding hydrogens is 316 g/mol. The molecule has 0 saturated heterocycles. The molecule has 0 saturated carbocycles. The van der Waals surface area contributed by atoms with Crippen LogP contribution in [0.3, 0.4) is 0 Å². The second-order valence-electron chi connectivity index (χ2n) is 7.44. The Balaban J connectivity index is 3.43. The lowest BCUT2D eigenvalue weighted by Crippen LogP contribution is -2.12. The highest BCUT2D eigenvalue weighted by molar-refractivity contribution is 4.99. The molecule has 26 heavy (non-hydrogen) atoms. The van der Waals surface area contributed by atoms with Gasteiger partial charge in [0.2, 0.25) is 0 Å². The molecular formula is C25H44O. The van der Waals surface area contributed by atoms with Gasteiger partial charge in [0, 0.05) is 0 Å². The standard InChI is InChI=1S/C25H44O/c1-4-5-6-7-8-9-10-11-12-13-14-15-16-17-18-19-20-21-22-23-24(2)25(3)26/h11-12,14-15,17-18,20-21,24-26H,4-10,13,16,19,22-23H2,1-3H3. The lowest BCUT2D eigenvalue weighted by atomic mass is 10.0. The topological polar surface area (TPSA) is 20.2 Å². The third-order valence-electron chi connectivity index (χ3n) is 4.82. The van der Waals surface area contributed by atoms with Gasteiger partial charge in [-0.2, -0.15) is 0 Å². The second kappa shape index (κ2) is 20.2. The molecule has 0 aromatic heterocycles. The number of hydrogen-bond acceptors (Lipinski definition) is 1. The van der Waals surface area contributed by atoms with E-state index in [4.69, 9.17) is 0 Å². The first kappa shape index (κ1) is 24.9. The molecule has 0 spiro atoms. The molecule has 2 unspecified atom stereocenters. The lowest BCUT2D eigenvalue weighted by molar-refractivity contribution is 0.130. The van der Waals surface area contributed by atoms with Crippen molar-refractivity contribution in [3.05, 3.63) is 48.6 Å². The minimum atomic E-state index is -0.194. The first-order valence-corrected chi connectivity index (χ1v) is 11.0. The fraction of sp³-hybridized carbons (Fsp3) is 0.680. The van der Waals surface area contributed by atoms with E-state index in [0.29, 0.717) is 5.92 Å². The van der Waals surface area contributed by atoms with E-state index in [2.05, 4.69) is 62.5 Å². The number of aliphatic hydroxyl groups excluding tert-OH is 1. The fourth-order valence-electron chi connectivity index (χ4n) is 2.69. The molecule has 1 N–H and O–H groups in total. The van der Waals surface area contributed by atoms with E-state index in [1.54, 1.807) is 0 Å². The minimum Gasteiger partial charge on any atom is -0.393 e. The van der Waals surface area contributed by atoms with Crippen molar-refractivity contribution in [1.82, 2.24) is 0 Å². The molecule has 2 atom stereocenters. The quantitative estimate of drug-likeness (QED) is 0.206. The molecule has 150 valence electrons. The predicted molar refractivity (Wildman–Crippen MR) is 118 cm³/mol. The minimum absolute atomic E-state index is 0.194. The Morgan fingerprint density at radius 1 is 0.615 bits per heavy atom. The number of aliphatic hydroxyl groups is 1. The smallest absolute Gasteiger partial charge is 0.0537 e. The summed E-state index contributed by atoms with van der Waals surface area (Å²) >= 11 is 0. The number of rotatable bonds is 17. The van der Waals surface area contributed by atoms with E-state index in [1.165, 1.54) is 44.9 Å². The van der Waals surface area contributed by atoms with Crippen LogP contribution in [0.2, 0.25) is 0 Å². The van der Waals surface area contributed by atoms with Crippen molar-refractivity contribution in [2.75, 3.05) is 0 Å². The van der Waals surface area contributed by atoms with Crippen LogP contribution in [-0.4, -0.2) is 11.2 Å². The molecule has 0 bridgehead atoms. The van der Waals surface area contributed by atoms with Crippen molar-refractivity contribution in [3.8, 4) is 0 Å². The Bertz CT molecular complexity index is 387. The zero-order valence-corrected chi connectivity index (χ0v) is 17.7. The van der Waals surface area contributed by atoms with Crippen LogP contribution in [0.15, 0.2) is 48.6 Å². The second-order valence-corrected chi connectivity index (χ2v) is 7.44. The maximum absolute atomic E-state index is 9.43. The van der Waals surface area contributed by atoms with Crippen LogP contribution in [0.1, 0.15) is 97.8 Å². The number of hydrogen-bond donors (Lipinski definition) is 1. The van der Waals surface area contributed by atoms with Crippen LogP contribution in [0.25, 0.3) is 0 Å². The lowest BCUT2D eigenvalue weighted by Gasteiger charge is -2.12. The summed E-state index contributed by atoms with van der Waals surface area (Å²) in [4.78, 5) is 0. The zero-order chi connectivity index (χ0) is 19.3. The molecule has 0 radical (unpaired) electrons. The first-order chi connectivity index (χ1) is 12.7. The van der Waals surface area contributed by atoms with Gasteiger partial charge in [0.05, 0.1) is 6.10 Å². The van der Waals surface area contributed by atoms with Gasteiger partial charge in [0.1, 0.15) is 0 Å². The zero-order valence-electron chi connectivity index (χ0n) is 17.7. The Labute approximate surface area is 164 Å². The summed E-state index contributed by atoms with van der Waals surface area (Å²) in [6.45, 7) is 6.25. The van der Waals surface area contributed by atoms with Crippen molar-refractivity contribution >= 4 is 0 Å². The Hall–Kier alpha value is -1.08. The summed E-state index contributed by atoms with van der Waals surface area (Å²) in [5, 5.41) is 9.43. The van der Waals surface area contributed by atoms with Crippen LogP contribution < -0.4 is 0 Å². The molecule has 0 aliphatic carbocycles. The SMILES string of the molecule is CCCCCCCCC=CCC=CCC=CCC=CCCC(C)C(C)O. The van der Waals surface area contributed by atoms with E-state index < -0.39 is 0 Å². The highest BCUT2D eigenvalue weighted by Gasteiger charge is 2.06. The van der Waals surface area contributed by atoms with Crippen LogP contribution in [0.4, 0.5) is 0 Å². The van der Waals surface area contributed by atoms with Gasteiger partial charge in [-0.3, -0.25) is 0 Å². The fourth-order valence-corrected chi connectivity index (χ4v) is 2.69. The average Bonchev–Trinajstić information content (AvgIpc) is 2.63. The van der Waals surface area contributed by atoms with Gasteiger partial charge in [-0.25, -0.2) is 0 Å². The van der Waals surface area contributed by atoms with Crippen LogP contribution in [-0.2, 0) is 0 Å². The Kier molecular flexibility index (Phi) is 19.4. The van der Waals surface area contributed by atoms with Gasteiger partial charge in [-0.05, 0) is 57.8 Å². The van der Waals surface area contributed by atoms with Gasteiger partial charge < -0.3 is 5.11 Å². The highest BCUT2D eigenvalue weighted by Crippen LogP contribution is 2.10. The van der Waals surface area contributed by atoms with Crippen LogP contribution in [0, 0.1) is 5.92 Å². The highest BCUT2D eigenvalue weighted by atomic mass is 16.3. The van der Waals surface area contributed by atoms with Gasteiger partial charge in [0.25, 0.3) is 0 Å². The largest absolute Gasteiger partial charge is 0.393 e. The van der Waals surface area contributed by atoms with Crippen LogP contribution >= 0.6 is 0 Å². The van der Waals surface area contributed by atoms with Gasteiger partial charge in [-0.1, -0.05) is 94.6 Å². The molecule has 1 heteroatoms. The van der Waals surface area contributed by atoms with Crippen molar-refractivity contribution in [2.45, 2.75) is 104 Å². The molecule has 0 rings (SSSR count). The van der Waals surface area contributed by atoms with Crippen molar-refractivity contribution < 1.29 is 5.11 Å². The predicted octanol–water partition coefficient (Wildman–Crippen LogP) is 7.93. The Morgan fingerprint density at radius 2 is 1.08 bits per heavy atom. The average molecular weight is 361 g/mol. The van der Waals surface area contributed by atoms with E-state index in [1.807, 2.05) is 6.92 Å². The third kappa shape index (κ3) is 19.2. The van der Waals surface area contributed by atoms with E-state index >= 15 is 0 Å². The van der Waals surface area contributed by atoms with Crippen LogP contribution in [0.5, 0.6) is 0 Å². The summed E-state index contributed by atoms with van der Waals surface area (Å²) < 4.78 is 0. The molecule has 0 fully saturated rings. The van der Waals surface area contributed by atoms with Gasteiger partial charge in [-0.15, -0.1) is 0 Å². The summed E-state index contributed by atoms with van der Waals surface area (Å²) in [6, 6.07) is 0. The molecule has 0 aromatic rings. The molecule has 1 nitrogen and oxygen atoms in total. The van der Waals surface area contributed by atoms with Gasteiger partial charge >= 0.3 is 0 Å². The summed E-state index contributed by atoms with van der Waals surface area (Å²) in [6.07, 6.45) is 32.6. The monoisotopic (exact) mass is 360 g/mol. The molecule has 0 aromatic carbocycles. The van der Waals surface area contributed by atoms with Crippen molar-refractivity contribution in [3.63, 3.8) is 0 Å². The molecule has 0 aliphatic rings. The summed E-state index contributed by atoms with van der Waals surface area (Å²) in [5.41, 5.74) is 0. The maximum atomic E-state index is 9.43. The normalized spacial score (nSPS) is 15.1. The number of unbranched alkanes of at least 4 members (excludes halogenated alkanes) is 6. The van der Waals surface area contributed by atoms with E-state index in [9.17, 15) is 5.11 Å². The van der Waals surface area contributed by atoms with Gasteiger partial charge in [0.15, 0.2) is 0 Å². The molecule has 0 aliphatic heterocycles. The summed E-state index contributed by atoms with van der Waals surface area (Å²) in [7, 11) is 0. The molecule has 0 heterocycles. The maximum Gasteiger partial charge on any atom is 0.0537 e. The Morgan fingerprint density at radius 3 is 1.62 bits per heavy atom. The van der Waals surface area contributed by atoms with E-state index in [-0.39, 0.29) is 6.10 Å². The molecule has 0 amide bonds.